The predicted molar refractivity (Wildman–Crippen MR) is 103 cm³/mol. The van der Waals surface area contributed by atoms with Gasteiger partial charge in [0.25, 0.3) is 5.91 Å². The van der Waals surface area contributed by atoms with Gasteiger partial charge in [-0.1, -0.05) is 29.3 Å². The van der Waals surface area contributed by atoms with Crippen molar-refractivity contribution in [2.45, 2.75) is 13.5 Å². The van der Waals surface area contributed by atoms with Crippen LogP contribution in [0.4, 0.5) is 0 Å². The van der Waals surface area contributed by atoms with Crippen LogP contribution in [0.15, 0.2) is 22.7 Å². The van der Waals surface area contributed by atoms with Crippen molar-refractivity contribution in [3.8, 4) is 0 Å². The molecule has 0 spiro atoms. The Hall–Kier alpha value is -1.08. The fourth-order valence-corrected chi connectivity index (χ4v) is 4.05. The monoisotopic (exact) mass is 444 g/mol. The molecule has 1 aliphatic rings. The maximum absolute atomic E-state index is 12.8. The Labute approximate surface area is 165 Å². The number of rotatable bonds is 3. The summed E-state index contributed by atoms with van der Waals surface area (Å²) in [4.78, 5) is 16.9. The molecule has 1 fully saturated rings. The zero-order valence-electron chi connectivity index (χ0n) is 14.1. The number of carbonyl (C=O) groups excluding carboxylic acids is 1. The van der Waals surface area contributed by atoms with Gasteiger partial charge in [-0.05, 0) is 35.0 Å². The molecule has 8 heteroatoms. The number of piperazine rings is 1. The van der Waals surface area contributed by atoms with E-state index >= 15 is 0 Å². The van der Waals surface area contributed by atoms with Gasteiger partial charge in [0.2, 0.25) is 0 Å². The van der Waals surface area contributed by atoms with Crippen LogP contribution in [-0.2, 0) is 13.6 Å². The van der Waals surface area contributed by atoms with Gasteiger partial charge in [0.05, 0.1) is 10.2 Å². The molecule has 3 rings (SSSR count). The zero-order chi connectivity index (χ0) is 18.1. The number of hydrogen-bond donors (Lipinski definition) is 0. The summed E-state index contributed by atoms with van der Waals surface area (Å²) in [5.41, 5.74) is 2.36. The second-order valence-corrected chi connectivity index (χ2v) is 7.75. The highest BCUT2D eigenvalue weighted by Crippen LogP contribution is 2.26. The second kappa shape index (κ2) is 7.66. The summed E-state index contributed by atoms with van der Waals surface area (Å²) in [6.07, 6.45) is 0. The van der Waals surface area contributed by atoms with E-state index in [1.165, 1.54) is 0 Å². The molecule has 0 saturated carbocycles. The largest absolute Gasteiger partial charge is 0.335 e. The molecule has 1 saturated heterocycles. The van der Waals surface area contributed by atoms with Gasteiger partial charge >= 0.3 is 0 Å². The maximum Gasteiger partial charge on any atom is 0.273 e. The molecular weight excluding hydrogens is 427 g/mol. The molecule has 5 nitrogen and oxygen atoms in total. The number of aryl methyl sites for hydroxylation is 2. The maximum atomic E-state index is 12.8. The van der Waals surface area contributed by atoms with Crippen LogP contribution in [0, 0.1) is 6.92 Å². The van der Waals surface area contributed by atoms with Crippen LogP contribution in [0.25, 0.3) is 0 Å². The van der Waals surface area contributed by atoms with E-state index in [2.05, 4.69) is 25.9 Å². The van der Waals surface area contributed by atoms with Crippen LogP contribution < -0.4 is 0 Å². The minimum atomic E-state index is 0.00500. The van der Waals surface area contributed by atoms with Crippen LogP contribution in [0.1, 0.15) is 21.7 Å². The number of halogens is 3. The summed E-state index contributed by atoms with van der Waals surface area (Å²) in [7, 11) is 1.79. The Kier molecular flexibility index (Phi) is 5.73. The molecule has 1 aromatic heterocycles. The normalized spacial score (nSPS) is 15.6. The Morgan fingerprint density at radius 3 is 2.32 bits per heavy atom. The van der Waals surface area contributed by atoms with Gasteiger partial charge in [0, 0.05) is 55.4 Å². The fraction of sp³-hybridized carbons (Fsp3) is 0.412. The van der Waals surface area contributed by atoms with Crippen molar-refractivity contribution >= 4 is 45.0 Å². The molecule has 0 aliphatic carbocycles. The topological polar surface area (TPSA) is 41.4 Å². The first-order valence-electron chi connectivity index (χ1n) is 8.02. The Morgan fingerprint density at radius 2 is 1.80 bits per heavy atom. The number of hydrogen-bond acceptors (Lipinski definition) is 3. The summed E-state index contributed by atoms with van der Waals surface area (Å²) in [5.74, 6) is 0.00500. The minimum absolute atomic E-state index is 0.00500. The highest BCUT2D eigenvalue weighted by Gasteiger charge is 2.27. The lowest BCUT2D eigenvalue weighted by Gasteiger charge is -2.35. The molecule has 0 radical (unpaired) electrons. The van der Waals surface area contributed by atoms with Crippen molar-refractivity contribution in [3.63, 3.8) is 0 Å². The first-order valence-corrected chi connectivity index (χ1v) is 9.57. The third kappa shape index (κ3) is 3.87. The molecule has 134 valence electrons. The third-order valence-corrected chi connectivity index (χ3v) is 6.11. The van der Waals surface area contributed by atoms with Gasteiger partial charge in [-0.25, -0.2) is 0 Å². The molecule has 0 bridgehead atoms. The predicted octanol–water partition coefficient (Wildman–Crippen LogP) is 3.76. The van der Waals surface area contributed by atoms with Gasteiger partial charge < -0.3 is 4.90 Å². The number of aromatic nitrogens is 2. The average Bonchev–Trinajstić information content (AvgIpc) is 2.83. The molecule has 2 aromatic rings. The Morgan fingerprint density at radius 1 is 1.20 bits per heavy atom. The Bertz CT molecular complexity index is 780. The summed E-state index contributed by atoms with van der Waals surface area (Å²) in [5, 5.41) is 5.66. The molecule has 0 N–H and O–H groups in total. The smallest absolute Gasteiger partial charge is 0.273 e. The van der Waals surface area contributed by atoms with Crippen LogP contribution in [-0.4, -0.2) is 51.7 Å². The van der Waals surface area contributed by atoms with Gasteiger partial charge in [-0.3, -0.25) is 14.4 Å². The lowest BCUT2D eigenvalue weighted by molar-refractivity contribution is 0.0617. The number of benzene rings is 1. The fourth-order valence-electron chi connectivity index (χ4n) is 3.03. The summed E-state index contributed by atoms with van der Waals surface area (Å²) >= 11 is 16.0. The Balaban J connectivity index is 1.65. The number of amides is 1. The van der Waals surface area contributed by atoms with E-state index in [1.54, 1.807) is 11.7 Å². The first-order chi connectivity index (χ1) is 11.9. The highest BCUT2D eigenvalue weighted by atomic mass is 79.9. The summed E-state index contributed by atoms with van der Waals surface area (Å²) in [6.45, 7) is 5.46. The van der Waals surface area contributed by atoms with E-state index in [1.807, 2.05) is 30.0 Å². The molecule has 25 heavy (non-hydrogen) atoms. The average molecular weight is 446 g/mol. The van der Waals surface area contributed by atoms with E-state index in [0.717, 1.165) is 28.8 Å². The summed E-state index contributed by atoms with van der Waals surface area (Å²) in [6, 6.07) is 5.55. The van der Waals surface area contributed by atoms with Crippen molar-refractivity contribution < 1.29 is 4.79 Å². The van der Waals surface area contributed by atoms with E-state index in [-0.39, 0.29) is 5.91 Å². The third-order valence-electron chi connectivity index (χ3n) is 4.45. The molecule has 2 heterocycles. The van der Waals surface area contributed by atoms with Crippen LogP contribution >= 0.6 is 39.1 Å². The van der Waals surface area contributed by atoms with E-state index < -0.39 is 0 Å². The van der Waals surface area contributed by atoms with E-state index in [0.29, 0.717) is 35.4 Å². The SMILES string of the molecule is Cc1nn(C)c(C(=O)N2CCN(Cc3c(Cl)cccc3Cl)CC2)c1Br. The van der Waals surface area contributed by atoms with Crippen molar-refractivity contribution in [3.05, 3.63) is 49.7 Å². The minimum Gasteiger partial charge on any atom is -0.335 e. The molecular formula is C17H19BrCl2N4O. The first kappa shape index (κ1) is 18.7. The van der Waals surface area contributed by atoms with Gasteiger partial charge in [-0.2, -0.15) is 5.10 Å². The van der Waals surface area contributed by atoms with Crippen molar-refractivity contribution in [2.75, 3.05) is 26.2 Å². The molecule has 0 unspecified atom stereocenters. The van der Waals surface area contributed by atoms with Gasteiger partial charge in [0.15, 0.2) is 0 Å². The second-order valence-electron chi connectivity index (χ2n) is 6.14. The quantitative estimate of drug-likeness (QED) is 0.722. The lowest BCUT2D eigenvalue weighted by atomic mass is 10.2. The van der Waals surface area contributed by atoms with E-state index in [4.69, 9.17) is 23.2 Å². The standard InChI is InChI=1S/C17H19BrCl2N4O/c1-11-15(18)16(22(2)21-11)17(25)24-8-6-23(7-9-24)10-12-13(19)4-3-5-14(12)20/h3-5H,6-10H2,1-2H3. The van der Waals surface area contributed by atoms with Crippen molar-refractivity contribution in [1.29, 1.82) is 0 Å². The lowest BCUT2D eigenvalue weighted by Crippen LogP contribution is -2.48. The molecule has 1 aliphatic heterocycles. The van der Waals surface area contributed by atoms with Crippen molar-refractivity contribution in [1.82, 2.24) is 19.6 Å². The van der Waals surface area contributed by atoms with Crippen molar-refractivity contribution in [2.24, 2.45) is 7.05 Å². The van der Waals surface area contributed by atoms with Crippen LogP contribution in [0.5, 0.6) is 0 Å². The number of nitrogens with zero attached hydrogens (tertiary/aromatic N) is 4. The highest BCUT2D eigenvalue weighted by molar-refractivity contribution is 9.10. The van der Waals surface area contributed by atoms with E-state index in [9.17, 15) is 4.79 Å². The molecule has 1 amide bonds. The van der Waals surface area contributed by atoms with Crippen LogP contribution in [0.3, 0.4) is 0 Å². The molecule has 0 atom stereocenters. The van der Waals surface area contributed by atoms with Crippen LogP contribution in [0.2, 0.25) is 10.0 Å². The zero-order valence-corrected chi connectivity index (χ0v) is 17.2. The number of carbonyl (C=O) groups is 1. The van der Waals surface area contributed by atoms with Gasteiger partial charge in [-0.15, -0.1) is 0 Å². The summed E-state index contributed by atoms with van der Waals surface area (Å²) < 4.78 is 2.41. The van der Waals surface area contributed by atoms with Gasteiger partial charge in [0.1, 0.15) is 5.69 Å². The molecule has 1 aromatic carbocycles.